The van der Waals surface area contributed by atoms with Gasteiger partial charge in [0.15, 0.2) is 0 Å². The number of carbonyl (C=O) groups excluding carboxylic acids is 2. The maximum absolute atomic E-state index is 12.2. The van der Waals surface area contributed by atoms with Crippen LogP contribution in [-0.2, 0) is 9.59 Å². The fourth-order valence-electron chi connectivity index (χ4n) is 2.45. The highest BCUT2D eigenvalue weighted by Crippen LogP contribution is 2.24. The molecule has 1 saturated heterocycles. The molecule has 2 rings (SSSR count). The molecule has 1 atom stereocenters. The SMILES string of the molecule is CC(C)c1ccc(N2CC(=O)N(CC#N)C(=O)C2C)cc1. The van der Waals surface area contributed by atoms with Crippen LogP contribution in [0.1, 0.15) is 32.3 Å². The summed E-state index contributed by atoms with van der Waals surface area (Å²) in [4.78, 5) is 27.0. The standard InChI is InChI=1S/C16H19N3O2/c1-11(2)13-4-6-14(7-5-13)19-10-15(20)18(9-8-17)16(21)12(19)3/h4-7,11-12H,9-10H2,1-3H3. The molecule has 0 saturated carbocycles. The lowest BCUT2D eigenvalue weighted by molar-refractivity contribution is -0.146. The van der Waals surface area contributed by atoms with Gasteiger partial charge in [0.25, 0.3) is 5.91 Å². The van der Waals surface area contributed by atoms with E-state index in [2.05, 4.69) is 13.8 Å². The molecule has 1 aromatic carbocycles. The normalized spacial score (nSPS) is 19.1. The van der Waals surface area contributed by atoms with Crippen molar-refractivity contribution in [3.8, 4) is 6.07 Å². The number of hydrogen-bond donors (Lipinski definition) is 0. The van der Waals surface area contributed by atoms with E-state index >= 15 is 0 Å². The quantitative estimate of drug-likeness (QED) is 0.628. The number of benzene rings is 1. The van der Waals surface area contributed by atoms with Crippen LogP contribution in [0.3, 0.4) is 0 Å². The van der Waals surface area contributed by atoms with Gasteiger partial charge in [-0.2, -0.15) is 5.26 Å². The number of rotatable bonds is 3. The summed E-state index contributed by atoms with van der Waals surface area (Å²) < 4.78 is 0. The minimum Gasteiger partial charge on any atom is -0.350 e. The molecule has 0 spiro atoms. The van der Waals surface area contributed by atoms with Crippen LogP contribution in [0.2, 0.25) is 0 Å². The Morgan fingerprint density at radius 2 is 1.90 bits per heavy atom. The third kappa shape index (κ3) is 2.89. The fourth-order valence-corrected chi connectivity index (χ4v) is 2.45. The van der Waals surface area contributed by atoms with Crippen LogP contribution in [0.5, 0.6) is 0 Å². The molecule has 5 nitrogen and oxygen atoms in total. The number of nitriles is 1. The number of carbonyl (C=O) groups is 2. The first-order valence-electron chi connectivity index (χ1n) is 7.03. The van der Waals surface area contributed by atoms with Crippen LogP contribution in [-0.4, -0.2) is 35.8 Å². The van der Waals surface area contributed by atoms with E-state index in [0.29, 0.717) is 5.92 Å². The van der Waals surface area contributed by atoms with Gasteiger partial charge in [0, 0.05) is 5.69 Å². The van der Waals surface area contributed by atoms with Crippen LogP contribution in [0.15, 0.2) is 24.3 Å². The average molecular weight is 285 g/mol. The van der Waals surface area contributed by atoms with E-state index in [9.17, 15) is 9.59 Å². The summed E-state index contributed by atoms with van der Waals surface area (Å²) in [5.74, 6) is -0.208. The van der Waals surface area contributed by atoms with E-state index in [0.717, 1.165) is 10.6 Å². The van der Waals surface area contributed by atoms with Gasteiger partial charge in [-0.05, 0) is 30.5 Å². The maximum atomic E-state index is 12.2. The van der Waals surface area contributed by atoms with Gasteiger partial charge in [-0.15, -0.1) is 0 Å². The Morgan fingerprint density at radius 1 is 1.29 bits per heavy atom. The Balaban J connectivity index is 2.23. The highest BCUT2D eigenvalue weighted by molar-refractivity contribution is 6.04. The number of piperazine rings is 1. The molecule has 0 N–H and O–H groups in total. The van der Waals surface area contributed by atoms with Gasteiger partial charge in [-0.1, -0.05) is 26.0 Å². The largest absolute Gasteiger partial charge is 0.350 e. The van der Waals surface area contributed by atoms with Gasteiger partial charge in [-0.25, -0.2) is 0 Å². The first-order chi connectivity index (χ1) is 9.95. The van der Waals surface area contributed by atoms with Crippen LogP contribution in [0.25, 0.3) is 0 Å². The number of anilines is 1. The Kier molecular flexibility index (Phi) is 4.27. The Labute approximate surface area is 124 Å². The molecule has 5 heteroatoms. The molecule has 2 amide bonds. The summed E-state index contributed by atoms with van der Waals surface area (Å²) in [6, 6.07) is 9.32. The van der Waals surface area contributed by atoms with Gasteiger partial charge >= 0.3 is 0 Å². The molecule has 110 valence electrons. The van der Waals surface area contributed by atoms with E-state index in [4.69, 9.17) is 5.26 Å². The molecule has 1 heterocycles. The molecule has 1 aliphatic rings. The third-order valence-electron chi connectivity index (χ3n) is 3.82. The lowest BCUT2D eigenvalue weighted by atomic mass is 10.0. The first-order valence-corrected chi connectivity index (χ1v) is 7.03. The van der Waals surface area contributed by atoms with E-state index in [-0.39, 0.29) is 24.9 Å². The van der Waals surface area contributed by atoms with Crippen molar-refractivity contribution in [2.75, 3.05) is 18.0 Å². The summed E-state index contributed by atoms with van der Waals surface area (Å²) in [5.41, 5.74) is 2.07. The summed E-state index contributed by atoms with van der Waals surface area (Å²) >= 11 is 0. The fraction of sp³-hybridized carbons (Fsp3) is 0.438. The van der Waals surface area contributed by atoms with Crippen LogP contribution < -0.4 is 4.90 Å². The zero-order chi connectivity index (χ0) is 15.6. The second-order valence-electron chi connectivity index (χ2n) is 5.53. The number of nitrogens with zero attached hydrogens (tertiary/aromatic N) is 3. The molecule has 1 aliphatic heterocycles. The van der Waals surface area contributed by atoms with Crippen LogP contribution >= 0.6 is 0 Å². The second kappa shape index (κ2) is 5.96. The molecule has 0 aromatic heterocycles. The molecular weight excluding hydrogens is 266 g/mol. The van der Waals surface area contributed by atoms with Gasteiger partial charge in [0.1, 0.15) is 12.6 Å². The lowest BCUT2D eigenvalue weighted by Crippen LogP contribution is -2.59. The molecule has 1 aromatic rings. The Morgan fingerprint density at radius 3 is 2.43 bits per heavy atom. The Hall–Kier alpha value is -2.35. The van der Waals surface area contributed by atoms with Crippen molar-refractivity contribution in [1.29, 1.82) is 5.26 Å². The van der Waals surface area contributed by atoms with E-state index < -0.39 is 6.04 Å². The summed E-state index contributed by atoms with van der Waals surface area (Å²) in [6.45, 7) is 5.93. The summed E-state index contributed by atoms with van der Waals surface area (Å²) in [5, 5.41) is 8.70. The van der Waals surface area contributed by atoms with Crippen molar-refractivity contribution < 1.29 is 9.59 Å². The smallest absolute Gasteiger partial charge is 0.252 e. The molecule has 0 bridgehead atoms. The molecule has 0 radical (unpaired) electrons. The minimum absolute atomic E-state index is 0.121. The number of amides is 2. The minimum atomic E-state index is -0.444. The van der Waals surface area contributed by atoms with Crippen molar-refractivity contribution in [2.45, 2.75) is 32.7 Å². The zero-order valence-electron chi connectivity index (χ0n) is 12.5. The van der Waals surface area contributed by atoms with Crippen molar-refractivity contribution >= 4 is 17.5 Å². The highest BCUT2D eigenvalue weighted by atomic mass is 16.2. The van der Waals surface area contributed by atoms with E-state index in [1.54, 1.807) is 11.8 Å². The Bertz CT molecular complexity index is 587. The molecule has 1 unspecified atom stereocenters. The third-order valence-corrected chi connectivity index (χ3v) is 3.82. The van der Waals surface area contributed by atoms with Crippen molar-refractivity contribution in [2.24, 2.45) is 0 Å². The molecule has 0 aliphatic carbocycles. The molecule has 21 heavy (non-hydrogen) atoms. The van der Waals surface area contributed by atoms with Crippen molar-refractivity contribution in [3.05, 3.63) is 29.8 Å². The van der Waals surface area contributed by atoms with Gasteiger partial charge in [0.2, 0.25) is 5.91 Å². The average Bonchev–Trinajstić information content (AvgIpc) is 2.47. The molecule has 1 fully saturated rings. The maximum Gasteiger partial charge on any atom is 0.252 e. The highest BCUT2D eigenvalue weighted by Gasteiger charge is 2.36. The first kappa shape index (κ1) is 15.0. The summed E-state index contributed by atoms with van der Waals surface area (Å²) in [7, 11) is 0. The van der Waals surface area contributed by atoms with Gasteiger partial charge in [-0.3, -0.25) is 14.5 Å². The monoisotopic (exact) mass is 285 g/mol. The van der Waals surface area contributed by atoms with E-state index in [1.165, 1.54) is 5.56 Å². The van der Waals surface area contributed by atoms with Gasteiger partial charge < -0.3 is 4.90 Å². The topological polar surface area (TPSA) is 64.4 Å². The van der Waals surface area contributed by atoms with E-state index in [1.807, 2.05) is 30.3 Å². The predicted molar refractivity (Wildman–Crippen MR) is 79.7 cm³/mol. The zero-order valence-corrected chi connectivity index (χ0v) is 12.5. The predicted octanol–water partition coefficient (Wildman–Crippen LogP) is 1.90. The summed E-state index contributed by atoms with van der Waals surface area (Å²) in [6.07, 6.45) is 0. The number of hydrogen-bond acceptors (Lipinski definition) is 4. The van der Waals surface area contributed by atoms with Crippen molar-refractivity contribution in [3.63, 3.8) is 0 Å². The van der Waals surface area contributed by atoms with Crippen LogP contribution in [0.4, 0.5) is 5.69 Å². The second-order valence-corrected chi connectivity index (χ2v) is 5.53. The van der Waals surface area contributed by atoms with Crippen LogP contribution in [0, 0.1) is 11.3 Å². The molecular formula is C16H19N3O2. The van der Waals surface area contributed by atoms with Gasteiger partial charge in [0.05, 0.1) is 12.6 Å². The number of imide groups is 1. The van der Waals surface area contributed by atoms with Crippen molar-refractivity contribution in [1.82, 2.24) is 4.90 Å². The lowest BCUT2D eigenvalue weighted by Gasteiger charge is -2.38.